The second kappa shape index (κ2) is 8.86. The molecule has 0 fully saturated rings. The molecule has 2 amide bonds. The molecule has 2 aromatic rings. The van der Waals surface area contributed by atoms with Crippen molar-refractivity contribution in [2.45, 2.75) is 51.1 Å². The van der Waals surface area contributed by atoms with E-state index in [-0.39, 0.29) is 23.5 Å². The van der Waals surface area contributed by atoms with Gasteiger partial charge in [-0.2, -0.15) is 0 Å². The highest BCUT2D eigenvalue weighted by molar-refractivity contribution is 5.75. The maximum absolute atomic E-state index is 12.8. The third-order valence-electron chi connectivity index (χ3n) is 5.96. The van der Waals surface area contributed by atoms with Crippen LogP contribution in [0.3, 0.4) is 0 Å². The number of amides is 2. The summed E-state index contributed by atoms with van der Waals surface area (Å²) in [5, 5.41) is 6.19. The van der Waals surface area contributed by atoms with E-state index in [4.69, 9.17) is 14.2 Å². The van der Waals surface area contributed by atoms with Crippen LogP contribution in [0, 0.1) is 0 Å². The molecular formula is C24H32N2O4. The van der Waals surface area contributed by atoms with Gasteiger partial charge < -0.3 is 24.8 Å². The number of carbonyl (C=O) groups excluding carboxylic acids is 1. The lowest BCUT2D eigenvalue weighted by Crippen LogP contribution is -2.41. The van der Waals surface area contributed by atoms with E-state index < -0.39 is 0 Å². The molecule has 0 saturated carbocycles. The van der Waals surface area contributed by atoms with Crippen molar-refractivity contribution >= 4 is 6.03 Å². The van der Waals surface area contributed by atoms with Gasteiger partial charge in [0.15, 0.2) is 11.5 Å². The number of fused-ring (bicyclic) bond motifs is 1. The second-order valence-corrected chi connectivity index (χ2v) is 8.36. The Morgan fingerprint density at radius 2 is 1.70 bits per heavy atom. The monoisotopic (exact) mass is 412 g/mol. The Bertz CT molecular complexity index is 885. The summed E-state index contributed by atoms with van der Waals surface area (Å²) in [6.07, 6.45) is 1.94. The van der Waals surface area contributed by atoms with Crippen LogP contribution in [0.5, 0.6) is 17.2 Å². The zero-order valence-corrected chi connectivity index (χ0v) is 18.7. The molecule has 0 aliphatic heterocycles. The Kier molecular flexibility index (Phi) is 6.44. The fraction of sp³-hybridized carbons (Fsp3) is 0.458. The molecule has 6 nitrogen and oxygen atoms in total. The van der Waals surface area contributed by atoms with Crippen molar-refractivity contribution in [3.63, 3.8) is 0 Å². The van der Waals surface area contributed by atoms with Crippen molar-refractivity contribution in [2.24, 2.45) is 0 Å². The van der Waals surface area contributed by atoms with Crippen LogP contribution < -0.4 is 24.8 Å². The lowest BCUT2D eigenvalue weighted by molar-refractivity contribution is 0.230. The molecule has 3 rings (SSSR count). The van der Waals surface area contributed by atoms with Gasteiger partial charge in [0.2, 0.25) is 5.75 Å². The third-order valence-corrected chi connectivity index (χ3v) is 5.96. The minimum atomic E-state index is -0.242. The molecule has 2 N–H and O–H groups in total. The average molecular weight is 413 g/mol. The number of rotatable bonds is 6. The number of carbonyl (C=O) groups is 1. The zero-order chi connectivity index (χ0) is 21.9. The largest absolute Gasteiger partial charge is 0.493 e. The first-order valence-electron chi connectivity index (χ1n) is 10.3. The molecule has 1 aliphatic rings. The summed E-state index contributed by atoms with van der Waals surface area (Å²) in [6, 6.07) is 11.6. The summed E-state index contributed by atoms with van der Waals surface area (Å²) in [5.74, 6) is 1.65. The summed E-state index contributed by atoms with van der Waals surface area (Å²) < 4.78 is 16.2. The molecule has 6 heteroatoms. The van der Waals surface area contributed by atoms with Crippen molar-refractivity contribution in [3.8, 4) is 17.2 Å². The van der Waals surface area contributed by atoms with Crippen LogP contribution >= 0.6 is 0 Å². The maximum atomic E-state index is 12.8. The maximum Gasteiger partial charge on any atom is 0.315 e. The fourth-order valence-corrected chi connectivity index (χ4v) is 4.19. The van der Waals surface area contributed by atoms with Gasteiger partial charge in [-0.25, -0.2) is 4.79 Å². The van der Waals surface area contributed by atoms with Crippen LogP contribution in [-0.4, -0.2) is 27.4 Å². The van der Waals surface area contributed by atoms with E-state index in [1.165, 1.54) is 11.1 Å². The molecule has 2 atom stereocenters. The van der Waals surface area contributed by atoms with Crippen molar-refractivity contribution < 1.29 is 19.0 Å². The van der Waals surface area contributed by atoms with E-state index in [0.717, 1.165) is 18.4 Å². The van der Waals surface area contributed by atoms with Gasteiger partial charge in [-0.1, -0.05) is 38.1 Å². The van der Waals surface area contributed by atoms with E-state index in [1.54, 1.807) is 21.3 Å². The second-order valence-electron chi connectivity index (χ2n) is 8.36. The molecule has 0 radical (unpaired) electrons. The Labute approximate surface area is 178 Å². The lowest BCUT2D eigenvalue weighted by atomic mass is 9.71. The van der Waals surface area contributed by atoms with Crippen LogP contribution in [0.25, 0.3) is 0 Å². The first-order chi connectivity index (χ1) is 14.3. The van der Waals surface area contributed by atoms with Gasteiger partial charge in [-0.05, 0) is 54.0 Å². The normalized spacial score (nSPS) is 18.0. The van der Waals surface area contributed by atoms with Crippen LogP contribution in [-0.2, 0) is 5.41 Å². The van der Waals surface area contributed by atoms with Crippen LogP contribution in [0.1, 0.15) is 62.4 Å². The Morgan fingerprint density at radius 1 is 1.07 bits per heavy atom. The molecule has 162 valence electrons. The standard InChI is InChI=1S/C24H32N2O4/c1-15(16-13-20(28-4)22(30-6)21(14-16)29-5)25-23(27)26-19-11-12-24(2,3)18-10-8-7-9-17(18)19/h7-10,13-15,19H,11-12H2,1-6H3,(H2,25,26,27). The predicted octanol–water partition coefficient (Wildman–Crippen LogP) is 4.89. The number of methoxy groups -OCH3 is 3. The van der Waals surface area contributed by atoms with Gasteiger partial charge in [0, 0.05) is 0 Å². The van der Waals surface area contributed by atoms with Gasteiger partial charge in [0.05, 0.1) is 33.4 Å². The van der Waals surface area contributed by atoms with E-state index in [2.05, 4.69) is 42.7 Å². The van der Waals surface area contributed by atoms with Gasteiger partial charge in [-0.3, -0.25) is 0 Å². The van der Waals surface area contributed by atoms with Crippen LogP contribution in [0.4, 0.5) is 4.79 Å². The molecular weight excluding hydrogens is 380 g/mol. The van der Waals surface area contributed by atoms with Crippen molar-refractivity contribution in [2.75, 3.05) is 21.3 Å². The van der Waals surface area contributed by atoms with Gasteiger partial charge in [0.25, 0.3) is 0 Å². The SMILES string of the molecule is COc1cc(C(C)NC(=O)NC2CCC(C)(C)c3ccccc32)cc(OC)c1OC. The van der Waals surface area contributed by atoms with Gasteiger partial charge in [0.1, 0.15) is 0 Å². The molecule has 0 saturated heterocycles. The van der Waals surface area contributed by atoms with Crippen molar-refractivity contribution in [1.82, 2.24) is 10.6 Å². The first-order valence-corrected chi connectivity index (χ1v) is 10.3. The van der Waals surface area contributed by atoms with E-state index in [9.17, 15) is 4.79 Å². The number of nitrogens with one attached hydrogen (secondary N) is 2. The van der Waals surface area contributed by atoms with Crippen LogP contribution in [0.2, 0.25) is 0 Å². The molecule has 0 bridgehead atoms. The number of hydrogen-bond donors (Lipinski definition) is 2. The number of hydrogen-bond acceptors (Lipinski definition) is 4. The minimum Gasteiger partial charge on any atom is -0.493 e. The highest BCUT2D eigenvalue weighted by atomic mass is 16.5. The molecule has 0 heterocycles. The highest BCUT2D eigenvalue weighted by Gasteiger charge is 2.33. The molecule has 1 aliphatic carbocycles. The van der Waals surface area contributed by atoms with Crippen molar-refractivity contribution in [1.29, 1.82) is 0 Å². The summed E-state index contributed by atoms with van der Waals surface area (Å²) in [4.78, 5) is 12.8. The highest BCUT2D eigenvalue weighted by Crippen LogP contribution is 2.42. The summed E-state index contributed by atoms with van der Waals surface area (Å²) >= 11 is 0. The quantitative estimate of drug-likeness (QED) is 0.709. The van der Waals surface area contributed by atoms with E-state index in [0.29, 0.717) is 17.2 Å². The number of benzene rings is 2. The average Bonchev–Trinajstić information content (AvgIpc) is 2.74. The summed E-state index contributed by atoms with van der Waals surface area (Å²) in [6.45, 7) is 6.45. The topological polar surface area (TPSA) is 68.8 Å². The molecule has 30 heavy (non-hydrogen) atoms. The minimum absolute atomic E-state index is 0.00126. The van der Waals surface area contributed by atoms with Crippen LogP contribution in [0.15, 0.2) is 36.4 Å². The molecule has 0 spiro atoms. The number of urea groups is 1. The third kappa shape index (κ3) is 4.32. The van der Waals surface area contributed by atoms with E-state index in [1.807, 2.05) is 25.1 Å². The molecule has 2 aromatic carbocycles. The van der Waals surface area contributed by atoms with E-state index >= 15 is 0 Å². The van der Waals surface area contributed by atoms with Gasteiger partial charge in [-0.15, -0.1) is 0 Å². The first kappa shape index (κ1) is 21.8. The zero-order valence-electron chi connectivity index (χ0n) is 18.7. The summed E-state index contributed by atoms with van der Waals surface area (Å²) in [7, 11) is 4.72. The Hall–Kier alpha value is -2.89. The Morgan fingerprint density at radius 3 is 2.30 bits per heavy atom. The van der Waals surface area contributed by atoms with Crippen molar-refractivity contribution in [3.05, 3.63) is 53.1 Å². The summed E-state index contributed by atoms with van der Waals surface area (Å²) in [5.41, 5.74) is 3.49. The smallest absolute Gasteiger partial charge is 0.315 e. The Balaban J connectivity index is 1.74. The number of ether oxygens (including phenoxy) is 3. The fourth-order valence-electron chi connectivity index (χ4n) is 4.19. The molecule has 0 aromatic heterocycles. The predicted molar refractivity (Wildman–Crippen MR) is 118 cm³/mol. The molecule has 2 unspecified atom stereocenters. The lowest BCUT2D eigenvalue weighted by Gasteiger charge is -2.37. The van der Waals surface area contributed by atoms with Gasteiger partial charge >= 0.3 is 6.03 Å².